The molecule has 0 radical (unpaired) electrons. The van der Waals surface area contributed by atoms with Crippen LogP contribution in [0.3, 0.4) is 0 Å². The minimum absolute atomic E-state index is 0.0240. The topological polar surface area (TPSA) is 361 Å². The molecule has 0 aliphatic rings. The summed E-state index contributed by atoms with van der Waals surface area (Å²) in [4.78, 5) is -1.88. The van der Waals surface area contributed by atoms with Crippen molar-refractivity contribution in [3.05, 3.63) is 144 Å². The minimum Gasteiger partial charge on any atom is -0.505 e. The van der Waals surface area contributed by atoms with Crippen molar-refractivity contribution in [1.82, 2.24) is 0 Å². The maximum atomic E-state index is 13.3. The van der Waals surface area contributed by atoms with Crippen LogP contribution in [-0.2, 0) is 41.2 Å². The van der Waals surface area contributed by atoms with Gasteiger partial charge in [-0.25, -0.2) is 12.6 Å². The Morgan fingerprint density at radius 3 is 1.17 bits per heavy atom. The van der Waals surface area contributed by atoms with E-state index < -0.39 is 78.9 Å². The van der Waals surface area contributed by atoms with Gasteiger partial charge in [-0.05, 0) is 147 Å². The van der Waals surface area contributed by atoms with Crippen LogP contribution in [0.5, 0.6) is 17.2 Å². The molecule has 0 aliphatic carbocycles. The quantitative estimate of drug-likeness (QED) is 0.0316. The van der Waals surface area contributed by atoms with E-state index in [9.17, 15) is 48.8 Å². The van der Waals surface area contributed by atoms with Crippen LogP contribution in [0.2, 0.25) is 0 Å². The summed E-state index contributed by atoms with van der Waals surface area (Å²) in [6.07, 6.45) is 0. The predicted molar refractivity (Wildman–Crippen MR) is 282 cm³/mol. The zero-order valence-electron chi connectivity index (χ0n) is 39.7. The van der Waals surface area contributed by atoms with Gasteiger partial charge in [-0.2, -0.15) is 37.3 Å². The second-order valence-electron chi connectivity index (χ2n) is 16.8. The molecule has 1 atom stereocenters. The van der Waals surface area contributed by atoms with Crippen molar-refractivity contribution in [2.45, 2.75) is 42.4 Å². The highest BCUT2D eigenvalue weighted by Crippen LogP contribution is 2.49. The molecule has 0 bridgehead atoms. The fraction of sp³-hybridized carbons (Fsp3) is 0.102. The molecule has 8 aromatic carbocycles. The predicted octanol–water partition coefficient (Wildman–Crippen LogP) is 12.4. The molecule has 0 saturated heterocycles. The number of sulfone groups is 1. The van der Waals surface area contributed by atoms with Gasteiger partial charge in [-0.1, -0.05) is 35.4 Å². The van der Waals surface area contributed by atoms with E-state index >= 15 is 0 Å². The molecular formula is C49H42N10O12S4. The molecule has 0 spiro atoms. The molecule has 0 fully saturated rings. The van der Waals surface area contributed by atoms with Gasteiger partial charge in [-0.3, -0.25) is 9.11 Å². The Morgan fingerprint density at radius 2 is 0.813 bits per heavy atom. The number of phenols is 2. The number of benzene rings is 8. The van der Waals surface area contributed by atoms with Crippen LogP contribution >= 0.6 is 0 Å². The summed E-state index contributed by atoms with van der Waals surface area (Å²) >= 11 is -2.48. The Labute approximate surface area is 431 Å². The van der Waals surface area contributed by atoms with Crippen LogP contribution in [-0.4, -0.2) is 53.9 Å². The van der Waals surface area contributed by atoms with E-state index in [0.717, 1.165) is 35.4 Å². The summed E-state index contributed by atoms with van der Waals surface area (Å²) in [6, 6.07) is 29.2. The minimum atomic E-state index is -5.01. The molecule has 8 rings (SSSR count). The number of hydrogen-bond donors (Lipinski definition) is 6. The zero-order chi connectivity index (χ0) is 54.1. The SMILES string of the molecule is Cc1ccc(N=Nc2c(C)cc3cc(S(=O)(=O)O)c(N=Nc4ccc(OS(=O)CS(=O)(=O)c5ccc(N=Nc6c(S(=O)(=O)O)cc7cc(C)c(N=Nc8ccc(C)cc8)c(N)c7c6O)cc5)cc4)c(O)c3c2N)cc1. The number of anilines is 2. The highest BCUT2D eigenvalue weighted by molar-refractivity contribution is 8.03. The molecular weight excluding hydrogens is 1050 g/mol. The molecule has 22 nitrogen and oxygen atoms in total. The van der Waals surface area contributed by atoms with Crippen LogP contribution in [0.1, 0.15) is 22.3 Å². The number of hydrogen-bond acceptors (Lipinski definition) is 20. The van der Waals surface area contributed by atoms with Gasteiger partial charge in [0.05, 0.1) is 49.8 Å². The second kappa shape index (κ2) is 20.8. The van der Waals surface area contributed by atoms with E-state index in [1.807, 2.05) is 38.1 Å². The number of nitrogen functional groups attached to an aromatic ring is 2. The van der Waals surface area contributed by atoms with Crippen molar-refractivity contribution in [3.8, 4) is 17.2 Å². The van der Waals surface area contributed by atoms with Crippen molar-refractivity contribution in [3.63, 3.8) is 0 Å². The Bertz CT molecular complexity index is 4100. The van der Waals surface area contributed by atoms with Crippen LogP contribution in [0, 0.1) is 27.7 Å². The first kappa shape index (κ1) is 52.9. The molecule has 0 saturated carbocycles. The molecule has 0 heterocycles. The summed E-state index contributed by atoms with van der Waals surface area (Å²) in [5.41, 5.74) is 15.9. The molecule has 8 N–H and O–H groups in total. The molecule has 26 heteroatoms. The van der Waals surface area contributed by atoms with Crippen LogP contribution in [0.15, 0.2) is 177 Å². The van der Waals surface area contributed by atoms with Crippen molar-refractivity contribution in [1.29, 1.82) is 0 Å². The summed E-state index contributed by atoms with van der Waals surface area (Å²) in [6.45, 7) is 7.13. The lowest BCUT2D eigenvalue weighted by molar-refractivity contribution is 0.472. The normalized spacial score (nSPS) is 13.0. The maximum Gasteiger partial charge on any atom is 0.296 e. The van der Waals surface area contributed by atoms with Gasteiger partial charge in [0.1, 0.15) is 38.3 Å². The average molecular weight is 1090 g/mol. The van der Waals surface area contributed by atoms with Gasteiger partial charge in [0.2, 0.25) is 11.1 Å². The van der Waals surface area contributed by atoms with Gasteiger partial charge in [-0.15, -0.1) is 20.5 Å². The van der Waals surface area contributed by atoms with E-state index in [1.54, 1.807) is 38.1 Å². The zero-order valence-corrected chi connectivity index (χ0v) is 42.9. The van der Waals surface area contributed by atoms with Gasteiger partial charge in [0.25, 0.3) is 20.2 Å². The van der Waals surface area contributed by atoms with Crippen molar-refractivity contribution >= 4 is 120 Å². The Morgan fingerprint density at radius 1 is 0.480 bits per heavy atom. The molecule has 0 amide bonds. The third-order valence-corrected chi connectivity index (χ3v) is 16.4. The fourth-order valence-corrected chi connectivity index (χ4v) is 11.4. The van der Waals surface area contributed by atoms with E-state index in [4.69, 9.17) is 15.7 Å². The van der Waals surface area contributed by atoms with E-state index in [0.29, 0.717) is 22.5 Å². The van der Waals surface area contributed by atoms with Crippen LogP contribution < -0.4 is 15.7 Å². The number of fused-ring (bicyclic) bond motifs is 2. The molecule has 75 heavy (non-hydrogen) atoms. The smallest absolute Gasteiger partial charge is 0.296 e. The van der Waals surface area contributed by atoms with Gasteiger partial charge in [0.15, 0.2) is 26.4 Å². The fourth-order valence-electron chi connectivity index (χ4n) is 7.49. The summed E-state index contributed by atoms with van der Waals surface area (Å²) < 4.78 is 115. The van der Waals surface area contributed by atoms with Crippen LogP contribution in [0.4, 0.5) is 56.9 Å². The number of rotatable bonds is 15. The highest BCUT2D eigenvalue weighted by Gasteiger charge is 2.27. The third kappa shape index (κ3) is 11.7. The lowest BCUT2D eigenvalue weighted by Crippen LogP contribution is -2.15. The number of aromatic hydroxyl groups is 2. The van der Waals surface area contributed by atoms with Crippen molar-refractivity contribution < 1.29 is 53.0 Å². The summed E-state index contributed by atoms with van der Waals surface area (Å²) in [5, 5.41) is 54.7. The Hall–Kier alpha value is -8.40. The van der Waals surface area contributed by atoms with Gasteiger partial charge < -0.3 is 25.9 Å². The maximum absolute atomic E-state index is 13.3. The standard InChI is InChI=1S/C49H42N10O12S4/c1-26-5-9-32(10-6-26)52-56-44-28(3)21-30-23-38(74(65,66)67)46(48(60)40(30)42(44)50)58-54-34-13-17-36(18-14-34)71-72(62)25-73(63,64)37-19-15-35(16-20-37)55-59-47-39(75(68,69)70)24-31-22-29(4)45(43(51)41(31)49(47)61)57-53-33-11-7-27(2)8-12-33/h5-24,60-61H,25,50-51H2,1-4H3,(H,65,66,67)(H,68,69,70). The summed E-state index contributed by atoms with van der Waals surface area (Å²) in [5.74, 6) is -1.55. The number of nitrogens with two attached hydrogens (primary N) is 2. The summed E-state index contributed by atoms with van der Waals surface area (Å²) in [7, 11) is -14.3. The first-order chi connectivity index (χ1) is 35.4. The monoisotopic (exact) mass is 1090 g/mol. The number of nitrogens with zero attached hydrogens (tertiary/aromatic N) is 8. The van der Waals surface area contributed by atoms with E-state index in [2.05, 4.69) is 40.9 Å². The third-order valence-electron chi connectivity index (χ3n) is 11.2. The molecule has 8 aromatic rings. The number of azo groups is 4. The van der Waals surface area contributed by atoms with Crippen molar-refractivity contribution in [2.24, 2.45) is 40.9 Å². The Balaban J connectivity index is 0.971. The molecule has 0 aromatic heterocycles. The van der Waals surface area contributed by atoms with Gasteiger partial charge >= 0.3 is 0 Å². The first-order valence-corrected chi connectivity index (χ1v) is 27.6. The van der Waals surface area contributed by atoms with Crippen LogP contribution in [0.25, 0.3) is 21.5 Å². The number of aryl methyl sites for hydroxylation is 4. The van der Waals surface area contributed by atoms with Gasteiger partial charge in [0, 0.05) is 0 Å². The largest absolute Gasteiger partial charge is 0.505 e. The number of phenolic OH excluding ortho intramolecular Hbond substituents is 2. The molecule has 0 aliphatic heterocycles. The van der Waals surface area contributed by atoms with E-state index in [-0.39, 0.29) is 66.3 Å². The first-order valence-electron chi connectivity index (χ1n) is 21.8. The Kier molecular flexibility index (Phi) is 14.7. The highest BCUT2D eigenvalue weighted by atomic mass is 32.3. The lowest BCUT2D eigenvalue weighted by Gasteiger charge is -2.13. The lowest BCUT2D eigenvalue weighted by atomic mass is 10.0. The average Bonchev–Trinajstić information content (AvgIpc) is 3.35. The van der Waals surface area contributed by atoms with E-state index in [1.165, 1.54) is 48.5 Å². The second-order valence-corrected chi connectivity index (χ2v) is 23.0. The van der Waals surface area contributed by atoms with Crippen molar-refractivity contribution in [2.75, 3.05) is 16.6 Å². The molecule has 1 unspecified atom stereocenters. The molecule has 384 valence electrons.